The van der Waals surface area contributed by atoms with E-state index in [-0.39, 0.29) is 11.0 Å². The van der Waals surface area contributed by atoms with Crippen LogP contribution in [0.4, 0.5) is 5.69 Å². The molecular formula is C50H45NS2. The number of rotatable bonds is 3. The van der Waals surface area contributed by atoms with Crippen LogP contribution in [0.25, 0.3) is 0 Å². The molecule has 7 unspecified atom stereocenters. The van der Waals surface area contributed by atoms with E-state index in [1.807, 2.05) is 11.8 Å². The van der Waals surface area contributed by atoms with E-state index in [1.54, 1.807) is 10.5 Å². The zero-order chi connectivity index (χ0) is 35.1. The number of anilines is 1. The molecule has 3 aromatic carbocycles. The molecular weight excluding hydrogens is 679 g/mol. The molecule has 3 heteroatoms. The van der Waals surface area contributed by atoms with Crippen LogP contribution in [0.15, 0.2) is 183 Å². The summed E-state index contributed by atoms with van der Waals surface area (Å²) in [7, 11) is 0. The minimum Gasteiger partial charge on any atom is -0.355 e. The lowest BCUT2D eigenvalue weighted by Crippen LogP contribution is -2.50. The maximum absolute atomic E-state index is 2.70. The minimum atomic E-state index is -0.280. The van der Waals surface area contributed by atoms with Gasteiger partial charge in [0, 0.05) is 32.6 Å². The predicted molar refractivity (Wildman–Crippen MR) is 225 cm³/mol. The number of benzene rings is 3. The molecule has 53 heavy (non-hydrogen) atoms. The number of hydrogen-bond acceptors (Lipinski definition) is 3. The van der Waals surface area contributed by atoms with Gasteiger partial charge in [-0.25, -0.2) is 0 Å². The monoisotopic (exact) mass is 723 g/mol. The molecule has 3 aromatic rings. The van der Waals surface area contributed by atoms with Crippen LogP contribution in [0.1, 0.15) is 79.5 Å². The molecule has 5 aliphatic carbocycles. The van der Waals surface area contributed by atoms with E-state index in [9.17, 15) is 0 Å². The summed E-state index contributed by atoms with van der Waals surface area (Å²) in [6.45, 7) is 2.46. The van der Waals surface area contributed by atoms with Crippen LogP contribution in [-0.2, 0) is 5.41 Å². The van der Waals surface area contributed by atoms with E-state index >= 15 is 0 Å². The lowest BCUT2D eigenvalue weighted by molar-refractivity contribution is 0.464. The third-order valence-electron chi connectivity index (χ3n) is 13.5. The third-order valence-corrected chi connectivity index (χ3v) is 16.0. The predicted octanol–water partition coefficient (Wildman–Crippen LogP) is 12.8. The number of nitrogens with zero attached hydrogens (tertiary/aromatic N) is 1. The highest BCUT2D eigenvalue weighted by molar-refractivity contribution is 8.04. The Bertz CT molecular complexity index is 2330. The number of thioether (sulfide) groups is 1. The summed E-state index contributed by atoms with van der Waals surface area (Å²) in [5.74, 6) is 1.28. The van der Waals surface area contributed by atoms with Gasteiger partial charge in [0.25, 0.3) is 0 Å². The summed E-state index contributed by atoms with van der Waals surface area (Å²) in [5.41, 5.74) is 11.5. The number of hydrogen-bond donors (Lipinski definition) is 0. The molecule has 0 fully saturated rings. The van der Waals surface area contributed by atoms with Gasteiger partial charge in [-0.3, -0.25) is 0 Å². The van der Waals surface area contributed by atoms with Crippen molar-refractivity contribution in [1.82, 2.24) is 0 Å². The maximum atomic E-state index is 2.70. The van der Waals surface area contributed by atoms with Gasteiger partial charge in [-0.05, 0) is 113 Å². The van der Waals surface area contributed by atoms with Crippen molar-refractivity contribution in [2.45, 2.75) is 89.3 Å². The summed E-state index contributed by atoms with van der Waals surface area (Å²) in [6.07, 6.45) is 40.7. The second-order valence-electron chi connectivity index (χ2n) is 16.2. The molecule has 1 spiro atoms. The van der Waals surface area contributed by atoms with Crippen LogP contribution >= 0.6 is 23.5 Å². The Morgan fingerprint density at radius 2 is 1.68 bits per heavy atom. The standard InChI is InChI=1S/C50H45NS2/c1-49-29-28-36(30-42(49)38-18-8-11-21-44(38)51(49)37-16-6-3-7-17-37)35-24-26-41-48(32-35)53-46-23-13-10-20-40(46)50(41)39-19-9-12-22-45(39)52-47-27-25-34(31-43(47)50)33-14-4-2-5-15-33/h2-4,6-13,16,18-22,24-31,33,35,37,42,46H,5,14-15,17,23,32H2,1H3. The SMILES string of the molecule is CC12C=CC(C3C=CC4=C(C3)SC3CC=CC=C3C43c4ccccc4Sc4ccc(C5CC=CCC5)cc43)=CC1c1ccccc1N2C1C=CC=CC1. The van der Waals surface area contributed by atoms with Gasteiger partial charge in [0.2, 0.25) is 0 Å². The molecule has 3 heterocycles. The highest BCUT2D eigenvalue weighted by atomic mass is 32.2. The highest BCUT2D eigenvalue weighted by Crippen LogP contribution is 2.65. The van der Waals surface area contributed by atoms with Crippen molar-refractivity contribution in [2.75, 3.05) is 4.90 Å². The number of allylic oxidation sites excluding steroid dienone is 13. The van der Waals surface area contributed by atoms with Crippen molar-refractivity contribution in [2.24, 2.45) is 5.92 Å². The average Bonchev–Trinajstić information content (AvgIpc) is 3.48. The molecule has 11 rings (SSSR count). The smallest absolute Gasteiger partial charge is 0.0705 e. The Morgan fingerprint density at radius 1 is 0.792 bits per heavy atom. The van der Waals surface area contributed by atoms with Crippen LogP contribution in [0.3, 0.4) is 0 Å². The van der Waals surface area contributed by atoms with E-state index in [0.29, 0.717) is 29.0 Å². The van der Waals surface area contributed by atoms with Gasteiger partial charge in [-0.15, -0.1) is 11.8 Å². The van der Waals surface area contributed by atoms with Crippen molar-refractivity contribution in [1.29, 1.82) is 0 Å². The molecule has 1 nitrogen and oxygen atoms in total. The van der Waals surface area contributed by atoms with Crippen molar-refractivity contribution in [3.8, 4) is 0 Å². The second-order valence-corrected chi connectivity index (χ2v) is 18.6. The van der Waals surface area contributed by atoms with E-state index in [0.717, 1.165) is 25.7 Å². The summed E-state index contributed by atoms with van der Waals surface area (Å²) in [6, 6.07) is 26.4. The van der Waals surface area contributed by atoms with Gasteiger partial charge in [-0.1, -0.05) is 145 Å². The van der Waals surface area contributed by atoms with Crippen molar-refractivity contribution < 1.29 is 0 Å². The van der Waals surface area contributed by atoms with Gasteiger partial charge < -0.3 is 4.90 Å². The van der Waals surface area contributed by atoms with Crippen molar-refractivity contribution >= 4 is 29.2 Å². The fourth-order valence-corrected chi connectivity index (χ4v) is 13.7. The van der Waals surface area contributed by atoms with Crippen LogP contribution in [-0.4, -0.2) is 16.8 Å². The lowest BCUT2D eigenvalue weighted by Gasteiger charge is -2.51. The fourth-order valence-electron chi connectivity index (χ4n) is 11.0. The Balaban J connectivity index is 1.02. The summed E-state index contributed by atoms with van der Waals surface area (Å²) in [5, 5.41) is 0.434. The molecule has 7 atom stereocenters. The number of para-hydroxylation sites is 1. The normalized spacial score (nSPS) is 32.8. The Morgan fingerprint density at radius 3 is 2.58 bits per heavy atom. The Hall–Kier alpha value is -4.18. The zero-order valence-corrected chi connectivity index (χ0v) is 32.0. The van der Waals surface area contributed by atoms with E-state index in [4.69, 9.17) is 0 Å². The Kier molecular flexibility index (Phi) is 7.57. The average molecular weight is 724 g/mol. The third kappa shape index (κ3) is 4.79. The number of fused-ring (bicyclic) bond motifs is 10. The first-order valence-electron chi connectivity index (χ1n) is 19.8. The van der Waals surface area contributed by atoms with Crippen LogP contribution in [0, 0.1) is 5.92 Å². The summed E-state index contributed by atoms with van der Waals surface area (Å²) >= 11 is 4.14. The largest absolute Gasteiger partial charge is 0.355 e. The van der Waals surface area contributed by atoms with Crippen LogP contribution in [0.5, 0.6) is 0 Å². The molecule has 3 aliphatic heterocycles. The summed E-state index contributed by atoms with van der Waals surface area (Å²) in [4.78, 5) is 7.12. The quantitative estimate of drug-likeness (QED) is 0.248. The first-order valence-corrected chi connectivity index (χ1v) is 21.5. The lowest BCUT2D eigenvalue weighted by atomic mass is 9.60. The van der Waals surface area contributed by atoms with E-state index in [1.165, 1.54) is 61.7 Å². The zero-order valence-electron chi connectivity index (χ0n) is 30.3. The van der Waals surface area contributed by atoms with Gasteiger partial charge in [-0.2, -0.15) is 0 Å². The fraction of sp³-hybridized carbons (Fsp3) is 0.280. The van der Waals surface area contributed by atoms with Crippen molar-refractivity contribution in [3.05, 3.63) is 196 Å². The second kappa shape index (κ2) is 12.4. The van der Waals surface area contributed by atoms with Crippen LogP contribution < -0.4 is 4.90 Å². The molecule has 0 bridgehead atoms. The molecule has 0 saturated heterocycles. The Labute approximate surface area is 323 Å². The molecule has 0 N–H and O–H groups in total. The molecule has 0 aromatic heterocycles. The van der Waals surface area contributed by atoms with Crippen molar-refractivity contribution in [3.63, 3.8) is 0 Å². The van der Waals surface area contributed by atoms with Gasteiger partial charge in [0.15, 0.2) is 0 Å². The topological polar surface area (TPSA) is 3.24 Å². The maximum Gasteiger partial charge on any atom is 0.0705 e. The van der Waals surface area contributed by atoms with Gasteiger partial charge in [0.1, 0.15) is 0 Å². The molecule has 0 radical (unpaired) electrons. The minimum absolute atomic E-state index is 0.0903. The highest BCUT2D eigenvalue weighted by Gasteiger charge is 2.54. The first kappa shape index (κ1) is 32.3. The van der Waals surface area contributed by atoms with E-state index < -0.39 is 0 Å². The van der Waals surface area contributed by atoms with Gasteiger partial charge >= 0.3 is 0 Å². The summed E-state index contributed by atoms with van der Waals surface area (Å²) < 4.78 is 0. The van der Waals surface area contributed by atoms with Gasteiger partial charge in [0.05, 0.1) is 17.0 Å². The van der Waals surface area contributed by atoms with E-state index in [2.05, 4.69) is 175 Å². The molecule has 8 aliphatic rings. The first-order chi connectivity index (χ1) is 26.1. The van der Waals surface area contributed by atoms with Crippen LogP contribution in [0.2, 0.25) is 0 Å². The molecule has 262 valence electrons. The molecule has 0 saturated carbocycles. The molecule has 0 amide bonds.